The zero-order valence-electron chi connectivity index (χ0n) is 21.1. The Hall–Kier alpha value is -3.85. The number of amides is 2. The molecule has 0 saturated heterocycles. The predicted molar refractivity (Wildman–Crippen MR) is 142 cm³/mol. The van der Waals surface area contributed by atoms with Gasteiger partial charge in [-0.3, -0.25) is 9.59 Å². The molecule has 1 heterocycles. The topological polar surface area (TPSA) is 103 Å². The maximum absolute atomic E-state index is 13.3. The van der Waals surface area contributed by atoms with Gasteiger partial charge in [0.15, 0.2) is 0 Å². The molecule has 9 heteroatoms. The Labute approximate surface area is 219 Å². The van der Waals surface area contributed by atoms with Crippen molar-refractivity contribution < 1.29 is 28.6 Å². The molecule has 8 nitrogen and oxygen atoms in total. The molecule has 2 N–H and O–H groups in total. The second-order valence-electron chi connectivity index (χ2n) is 8.87. The second kappa shape index (κ2) is 11.9. The molecule has 1 unspecified atom stereocenters. The van der Waals surface area contributed by atoms with Crippen LogP contribution in [-0.2, 0) is 17.6 Å². The lowest BCUT2D eigenvalue weighted by Gasteiger charge is -2.18. The Morgan fingerprint density at radius 1 is 0.973 bits per heavy atom. The van der Waals surface area contributed by atoms with Gasteiger partial charge in [-0.15, -0.1) is 11.3 Å². The molecule has 0 radical (unpaired) electrons. The number of rotatable bonds is 9. The second-order valence-corrected chi connectivity index (χ2v) is 9.97. The minimum absolute atomic E-state index is 0.0106. The Balaban J connectivity index is 1.44. The van der Waals surface area contributed by atoms with E-state index >= 15 is 0 Å². The number of hydrogen-bond acceptors (Lipinski definition) is 7. The summed E-state index contributed by atoms with van der Waals surface area (Å²) in [5.41, 5.74) is 2.28. The van der Waals surface area contributed by atoms with Crippen LogP contribution in [-0.4, -0.2) is 45.2 Å². The fourth-order valence-corrected chi connectivity index (χ4v) is 5.65. The van der Waals surface area contributed by atoms with Crippen LogP contribution >= 0.6 is 11.3 Å². The molecule has 0 fully saturated rings. The highest BCUT2D eigenvalue weighted by atomic mass is 32.1. The summed E-state index contributed by atoms with van der Waals surface area (Å²) in [7, 11) is 3.07. The average molecular weight is 523 g/mol. The van der Waals surface area contributed by atoms with E-state index in [0.29, 0.717) is 39.1 Å². The third-order valence-electron chi connectivity index (χ3n) is 6.22. The molecule has 2 aromatic carbocycles. The first-order valence-electron chi connectivity index (χ1n) is 12.1. The van der Waals surface area contributed by atoms with Crippen molar-refractivity contribution in [2.45, 2.75) is 26.2 Å². The van der Waals surface area contributed by atoms with Crippen molar-refractivity contribution in [1.29, 1.82) is 0 Å². The summed E-state index contributed by atoms with van der Waals surface area (Å²) in [5, 5.41) is 6.31. The van der Waals surface area contributed by atoms with Crippen LogP contribution in [0.15, 0.2) is 48.5 Å². The fourth-order valence-electron chi connectivity index (χ4n) is 4.25. The van der Waals surface area contributed by atoms with Gasteiger partial charge in [-0.2, -0.15) is 0 Å². The van der Waals surface area contributed by atoms with Crippen molar-refractivity contribution >= 4 is 34.1 Å². The van der Waals surface area contributed by atoms with E-state index in [9.17, 15) is 14.4 Å². The normalized spacial score (nSPS) is 14.3. The Kier molecular flexibility index (Phi) is 8.45. The molecule has 194 valence electrons. The van der Waals surface area contributed by atoms with Crippen molar-refractivity contribution in [2.24, 2.45) is 5.92 Å². The summed E-state index contributed by atoms with van der Waals surface area (Å²) in [6.45, 7) is 2.34. The van der Waals surface area contributed by atoms with E-state index < -0.39 is 5.97 Å². The monoisotopic (exact) mass is 522 g/mol. The number of methoxy groups -OCH3 is 2. The van der Waals surface area contributed by atoms with Crippen molar-refractivity contribution in [3.8, 4) is 11.5 Å². The van der Waals surface area contributed by atoms with Crippen LogP contribution in [0, 0.1) is 5.92 Å². The van der Waals surface area contributed by atoms with E-state index in [2.05, 4.69) is 17.6 Å². The van der Waals surface area contributed by atoms with E-state index in [1.54, 1.807) is 55.6 Å². The minimum atomic E-state index is -0.499. The van der Waals surface area contributed by atoms with Gasteiger partial charge in [0, 0.05) is 10.4 Å². The fraction of sp³-hybridized carbons (Fsp3) is 0.321. The minimum Gasteiger partial charge on any atom is -0.497 e. The Bertz CT molecular complexity index is 1300. The van der Waals surface area contributed by atoms with Crippen molar-refractivity contribution in [3.05, 3.63) is 75.7 Å². The molecule has 37 heavy (non-hydrogen) atoms. The summed E-state index contributed by atoms with van der Waals surface area (Å²) in [5.74, 6) is 0.537. The molecular weight excluding hydrogens is 492 g/mol. The van der Waals surface area contributed by atoms with Gasteiger partial charge in [-0.1, -0.05) is 19.1 Å². The van der Waals surface area contributed by atoms with Gasteiger partial charge in [0.2, 0.25) is 0 Å². The smallest absolute Gasteiger partial charge is 0.338 e. The molecule has 0 spiro atoms. The molecule has 2 amide bonds. The van der Waals surface area contributed by atoms with Crippen LogP contribution in [0.25, 0.3) is 0 Å². The van der Waals surface area contributed by atoms with Gasteiger partial charge in [-0.25, -0.2) is 4.79 Å². The van der Waals surface area contributed by atoms with Gasteiger partial charge in [0.05, 0.1) is 31.9 Å². The van der Waals surface area contributed by atoms with Gasteiger partial charge in [-0.05, 0) is 67.1 Å². The summed E-state index contributed by atoms with van der Waals surface area (Å²) < 4.78 is 15.7. The van der Waals surface area contributed by atoms with Crippen LogP contribution in [0.3, 0.4) is 0 Å². The molecule has 1 aliphatic carbocycles. The number of thiophene rings is 1. The van der Waals surface area contributed by atoms with E-state index in [0.717, 1.165) is 29.7 Å². The zero-order chi connectivity index (χ0) is 26.4. The lowest BCUT2D eigenvalue weighted by atomic mass is 9.88. The van der Waals surface area contributed by atoms with Crippen LogP contribution in [0.1, 0.15) is 54.9 Å². The van der Waals surface area contributed by atoms with E-state index in [-0.39, 0.29) is 25.0 Å². The molecule has 1 aromatic heterocycles. The zero-order valence-corrected chi connectivity index (χ0v) is 21.9. The van der Waals surface area contributed by atoms with Gasteiger partial charge >= 0.3 is 5.97 Å². The quantitative estimate of drug-likeness (QED) is 0.311. The van der Waals surface area contributed by atoms with Gasteiger partial charge in [0.1, 0.15) is 23.1 Å². The molecule has 3 aromatic rings. The highest BCUT2D eigenvalue weighted by molar-refractivity contribution is 7.17. The number of benzene rings is 2. The molecule has 0 saturated carbocycles. The van der Waals surface area contributed by atoms with Gasteiger partial charge in [0.25, 0.3) is 11.8 Å². The molecule has 0 aliphatic heterocycles. The van der Waals surface area contributed by atoms with Crippen LogP contribution in [0.4, 0.5) is 5.00 Å². The first kappa shape index (κ1) is 26.2. The number of esters is 1. The number of ether oxygens (including phenoxy) is 3. The maximum atomic E-state index is 13.3. The summed E-state index contributed by atoms with van der Waals surface area (Å²) in [4.78, 5) is 39.7. The number of carbonyl (C=O) groups excluding carboxylic acids is 3. The first-order valence-corrected chi connectivity index (χ1v) is 12.9. The summed E-state index contributed by atoms with van der Waals surface area (Å²) in [6.07, 6.45) is 2.62. The Morgan fingerprint density at radius 2 is 1.65 bits per heavy atom. The molecule has 1 atom stereocenters. The number of carbonyl (C=O) groups is 3. The largest absolute Gasteiger partial charge is 0.497 e. The molecular formula is C28H30N2O6S. The SMILES string of the molecule is COc1cccc(C(=O)Nc2sc3c(c2C(=O)NCCOC(=O)c2cccc(OC)c2)CCC(C)C3)c1. The van der Waals surface area contributed by atoms with E-state index in [1.165, 1.54) is 18.4 Å². The lowest BCUT2D eigenvalue weighted by molar-refractivity contribution is 0.0502. The number of nitrogens with one attached hydrogen (secondary N) is 2. The summed E-state index contributed by atoms with van der Waals surface area (Å²) >= 11 is 1.45. The van der Waals surface area contributed by atoms with Gasteiger partial charge < -0.3 is 24.8 Å². The number of hydrogen-bond donors (Lipinski definition) is 2. The highest BCUT2D eigenvalue weighted by Crippen LogP contribution is 2.40. The average Bonchev–Trinajstić information content (AvgIpc) is 3.27. The van der Waals surface area contributed by atoms with Crippen molar-refractivity contribution in [2.75, 3.05) is 32.7 Å². The standard InChI is InChI=1S/C28H30N2O6S/c1-17-10-11-22-23(14-17)37-27(30-25(31)18-6-4-8-20(15-18)34-2)24(22)26(32)29-12-13-36-28(33)19-7-5-9-21(16-19)35-3/h4-9,15-17H,10-14H2,1-3H3,(H,29,32)(H,30,31). The third kappa shape index (κ3) is 6.29. The maximum Gasteiger partial charge on any atom is 0.338 e. The Morgan fingerprint density at radius 3 is 2.35 bits per heavy atom. The number of fused-ring (bicyclic) bond motifs is 1. The third-order valence-corrected chi connectivity index (χ3v) is 7.39. The summed E-state index contributed by atoms with van der Waals surface area (Å²) in [6, 6.07) is 13.5. The van der Waals surface area contributed by atoms with Crippen molar-refractivity contribution in [3.63, 3.8) is 0 Å². The first-order chi connectivity index (χ1) is 17.9. The van der Waals surface area contributed by atoms with E-state index in [4.69, 9.17) is 14.2 Å². The van der Waals surface area contributed by atoms with E-state index in [1.807, 2.05) is 0 Å². The highest BCUT2D eigenvalue weighted by Gasteiger charge is 2.28. The lowest BCUT2D eigenvalue weighted by Crippen LogP contribution is -2.30. The predicted octanol–water partition coefficient (Wildman–Crippen LogP) is 4.73. The number of anilines is 1. The molecule has 0 bridgehead atoms. The van der Waals surface area contributed by atoms with Crippen LogP contribution in [0.5, 0.6) is 11.5 Å². The molecule has 1 aliphatic rings. The van der Waals surface area contributed by atoms with Crippen molar-refractivity contribution in [1.82, 2.24) is 5.32 Å². The molecule has 4 rings (SSSR count). The van der Waals surface area contributed by atoms with Crippen LogP contribution < -0.4 is 20.1 Å². The van der Waals surface area contributed by atoms with Crippen LogP contribution in [0.2, 0.25) is 0 Å².